The number of esters is 1. The van der Waals surface area contributed by atoms with E-state index in [9.17, 15) is 25.0 Å². The average Bonchev–Trinajstić information content (AvgIpc) is 2.46. The van der Waals surface area contributed by atoms with Crippen molar-refractivity contribution in [1.82, 2.24) is 0 Å². The minimum absolute atomic E-state index is 0.00379. The molecule has 0 bridgehead atoms. The number of hydrogen-bond donors (Lipinski definition) is 0. The van der Waals surface area contributed by atoms with Gasteiger partial charge in [0.25, 0.3) is 11.4 Å². The molecule has 0 radical (unpaired) electrons. The van der Waals surface area contributed by atoms with Crippen LogP contribution in [0.5, 0.6) is 5.75 Å². The van der Waals surface area contributed by atoms with Gasteiger partial charge >= 0.3 is 5.97 Å². The number of hydrogen-bond acceptors (Lipinski definition) is 6. The zero-order valence-electron chi connectivity index (χ0n) is 11.7. The summed E-state index contributed by atoms with van der Waals surface area (Å²) < 4.78 is 5.33. The maximum absolute atomic E-state index is 12.0. The Bertz CT molecular complexity index is 821. The minimum Gasteiger partial charge on any atom is -0.423 e. The molecule has 0 saturated carbocycles. The Labute approximate surface area is 138 Å². The topological polar surface area (TPSA) is 113 Å². The van der Waals surface area contributed by atoms with Crippen molar-refractivity contribution in [3.8, 4) is 5.75 Å². The minimum atomic E-state index is -0.797. The SMILES string of the molecule is Cc1cc(OC(=O)c2ccc(Br)c([N+](=O)[O-])c2)ccc1[N+](=O)[O-]. The van der Waals surface area contributed by atoms with Crippen LogP contribution in [-0.2, 0) is 0 Å². The highest BCUT2D eigenvalue weighted by molar-refractivity contribution is 9.10. The summed E-state index contributed by atoms with van der Waals surface area (Å²) in [5.41, 5.74) is -0.0265. The van der Waals surface area contributed by atoms with Crippen LogP contribution in [0.2, 0.25) is 0 Å². The van der Waals surface area contributed by atoms with E-state index >= 15 is 0 Å². The summed E-state index contributed by atoms with van der Waals surface area (Å²) in [6, 6.07) is 7.69. The van der Waals surface area contributed by atoms with Gasteiger partial charge in [-0.3, -0.25) is 20.2 Å². The van der Waals surface area contributed by atoms with Gasteiger partial charge in [0.1, 0.15) is 5.75 Å². The van der Waals surface area contributed by atoms with Gasteiger partial charge < -0.3 is 4.74 Å². The molecule has 0 amide bonds. The number of carbonyl (C=O) groups is 1. The number of carbonyl (C=O) groups excluding carboxylic acids is 1. The Hall–Kier alpha value is -2.81. The van der Waals surface area contributed by atoms with Gasteiger partial charge in [-0.2, -0.15) is 0 Å². The maximum Gasteiger partial charge on any atom is 0.343 e. The van der Waals surface area contributed by atoms with Crippen molar-refractivity contribution < 1.29 is 19.4 Å². The molecule has 0 saturated heterocycles. The number of nitro groups is 2. The molecular weight excluding hydrogens is 372 g/mol. The first kappa shape index (κ1) is 16.6. The smallest absolute Gasteiger partial charge is 0.343 e. The van der Waals surface area contributed by atoms with Gasteiger partial charge in [0.05, 0.1) is 19.9 Å². The summed E-state index contributed by atoms with van der Waals surface area (Å²) in [5.74, 6) is -0.683. The van der Waals surface area contributed by atoms with E-state index in [4.69, 9.17) is 4.74 Å². The van der Waals surface area contributed by atoms with Gasteiger partial charge in [0.2, 0.25) is 0 Å². The zero-order valence-corrected chi connectivity index (χ0v) is 13.3. The maximum atomic E-state index is 12.0. The number of rotatable bonds is 4. The lowest BCUT2D eigenvalue weighted by atomic mass is 10.2. The summed E-state index contributed by atoms with van der Waals surface area (Å²) in [4.78, 5) is 32.5. The van der Waals surface area contributed by atoms with Crippen LogP contribution >= 0.6 is 15.9 Å². The lowest BCUT2D eigenvalue weighted by Crippen LogP contribution is -2.09. The van der Waals surface area contributed by atoms with Gasteiger partial charge in [-0.25, -0.2) is 4.79 Å². The van der Waals surface area contributed by atoms with Crippen molar-refractivity contribution in [3.63, 3.8) is 0 Å². The van der Waals surface area contributed by atoms with Crippen molar-refractivity contribution in [2.24, 2.45) is 0 Å². The highest BCUT2D eigenvalue weighted by atomic mass is 79.9. The van der Waals surface area contributed by atoms with E-state index in [1.807, 2.05) is 0 Å². The molecule has 0 unspecified atom stereocenters. The highest BCUT2D eigenvalue weighted by Gasteiger charge is 2.18. The fourth-order valence-electron chi connectivity index (χ4n) is 1.84. The summed E-state index contributed by atoms with van der Waals surface area (Å²) in [7, 11) is 0. The lowest BCUT2D eigenvalue weighted by Gasteiger charge is -2.06. The molecule has 0 heterocycles. The number of aryl methyl sites for hydroxylation is 1. The predicted molar refractivity (Wildman–Crippen MR) is 83.6 cm³/mol. The van der Waals surface area contributed by atoms with Crippen molar-refractivity contribution in [2.45, 2.75) is 6.92 Å². The largest absolute Gasteiger partial charge is 0.423 e. The summed E-state index contributed by atoms with van der Waals surface area (Å²) in [5, 5.41) is 21.6. The van der Waals surface area contributed by atoms with Gasteiger partial charge in [0, 0.05) is 17.7 Å². The summed E-state index contributed by atoms with van der Waals surface area (Å²) in [6.07, 6.45) is 0. The third kappa shape index (κ3) is 3.69. The van der Waals surface area contributed by atoms with E-state index in [1.54, 1.807) is 0 Å². The van der Waals surface area contributed by atoms with E-state index < -0.39 is 15.8 Å². The fraction of sp³-hybridized carbons (Fsp3) is 0.0714. The Balaban J connectivity index is 2.26. The summed E-state index contributed by atoms with van der Waals surface area (Å²) in [6.45, 7) is 1.51. The van der Waals surface area contributed by atoms with E-state index in [-0.39, 0.29) is 27.2 Å². The molecular formula is C14H9BrN2O6. The fourth-order valence-corrected chi connectivity index (χ4v) is 2.23. The molecule has 0 spiro atoms. The Kier molecular flexibility index (Phi) is 4.70. The van der Waals surface area contributed by atoms with Gasteiger partial charge in [-0.1, -0.05) is 0 Å². The molecule has 0 aliphatic heterocycles. The van der Waals surface area contributed by atoms with Crippen LogP contribution in [-0.4, -0.2) is 15.8 Å². The van der Waals surface area contributed by atoms with Crippen LogP contribution in [0.25, 0.3) is 0 Å². The number of nitrogens with zero attached hydrogens (tertiary/aromatic N) is 2. The molecule has 9 heteroatoms. The normalized spacial score (nSPS) is 10.2. The van der Waals surface area contributed by atoms with E-state index in [2.05, 4.69) is 15.9 Å². The van der Waals surface area contributed by atoms with E-state index in [1.165, 1.54) is 37.3 Å². The molecule has 0 N–H and O–H groups in total. The molecule has 0 atom stereocenters. The average molecular weight is 381 g/mol. The third-order valence-electron chi connectivity index (χ3n) is 2.95. The lowest BCUT2D eigenvalue weighted by molar-refractivity contribution is -0.385. The van der Waals surface area contributed by atoms with E-state index in [0.29, 0.717) is 5.56 Å². The standard InChI is InChI=1S/C14H9BrN2O6/c1-8-6-10(3-5-12(8)16(19)20)23-14(18)9-2-4-11(15)13(7-9)17(21)22/h2-7H,1H3. The van der Waals surface area contributed by atoms with Crippen molar-refractivity contribution >= 4 is 33.3 Å². The van der Waals surface area contributed by atoms with Crippen molar-refractivity contribution in [2.75, 3.05) is 0 Å². The molecule has 8 nitrogen and oxygen atoms in total. The second kappa shape index (κ2) is 6.53. The second-order valence-corrected chi connectivity index (χ2v) is 5.37. The van der Waals surface area contributed by atoms with Crippen molar-refractivity contribution in [3.05, 3.63) is 72.2 Å². The molecule has 0 aliphatic carbocycles. The van der Waals surface area contributed by atoms with Crippen LogP contribution in [0.15, 0.2) is 40.9 Å². The van der Waals surface area contributed by atoms with Gasteiger partial charge in [0.15, 0.2) is 0 Å². The molecule has 2 aromatic rings. The number of nitro benzene ring substituents is 2. The van der Waals surface area contributed by atoms with Crippen LogP contribution in [0.4, 0.5) is 11.4 Å². The number of benzene rings is 2. The molecule has 23 heavy (non-hydrogen) atoms. The van der Waals surface area contributed by atoms with Crippen LogP contribution < -0.4 is 4.74 Å². The highest BCUT2D eigenvalue weighted by Crippen LogP contribution is 2.27. The van der Waals surface area contributed by atoms with Crippen molar-refractivity contribution in [1.29, 1.82) is 0 Å². The Morgan fingerprint density at radius 2 is 1.70 bits per heavy atom. The molecule has 2 rings (SSSR count). The number of ether oxygens (including phenoxy) is 1. The number of halogens is 1. The summed E-state index contributed by atoms with van der Waals surface area (Å²) >= 11 is 3.02. The van der Waals surface area contributed by atoms with Gasteiger partial charge in [-0.15, -0.1) is 0 Å². The Morgan fingerprint density at radius 1 is 1.04 bits per heavy atom. The van der Waals surface area contributed by atoms with E-state index in [0.717, 1.165) is 6.07 Å². The molecule has 0 aliphatic rings. The predicted octanol–water partition coefficient (Wildman–Crippen LogP) is 3.79. The first-order valence-corrected chi connectivity index (χ1v) is 7.00. The van der Waals surface area contributed by atoms with Crippen LogP contribution in [0.3, 0.4) is 0 Å². The zero-order chi connectivity index (χ0) is 17.1. The van der Waals surface area contributed by atoms with Gasteiger partial charge in [-0.05, 0) is 47.1 Å². The quantitative estimate of drug-likeness (QED) is 0.345. The Morgan fingerprint density at radius 3 is 2.26 bits per heavy atom. The van der Waals surface area contributed by atoms with Crippen LogP contribution in [0.1, 0.15) is 15.9 Å². The molecule has 118 valence electrons. The third-order valence-corrected chi connectivity index (χ3v) is 3.62. The first-order valence-electron chi connectivity index (χ1n) is 6.20. The molecule has 0 aromatic heterocycles. The van der Waals surface area contributed by atoms with Crippen LogP contribution in [0, 0.1) is 27.2 Å². The molecule has 0 fully saturated rings. The first-order chi connectivity index (χ1) is 10.8. The molecule has 2 aromatic carbocycles. The second-order valence-electron chi connectivity index (χ2n) is 4.52. The monoisotopic (exact) mass is 380 g/mol.